The number of fused-ring (bicyclic) bond motifs is 1. The van der Waals surface area contributed by atoms with Crippen LogP contribution in [0, 0.1) is 0 Å². The van der Waals surface area contributed by atoms with Crippen molar-refractivity contribution in [1.82, 2.24) is 4.57 Å². The van der Waals surface area contributed by atoms with Gasteiger partial charge in [-0.25, -0.2) is 9.79 Å². The number of furan rings is 1. The van der Waals surface area contributed by atoms with Crippen LogP contribution >= 0.6 is 11.3 Å². The van der Waals surface area contributed by atoms with Crippen LogP contribution in [0.25, 0.3) is 17.4 Å². The van der Waals surface area contributed by atoms with E-state index in [0.29, 0.717) is 26.4 Å². The van der Waals surface area contributed by atoms with Gasteiger partial charge in [-0.05, 0) is 24.6 Å². The Morgan fingerprint density at radius 2 is 1.76 bits per heavy atom. The minimum atomic E-state index is -0.617. The minimum Gasteiger partial charge on any atom is -0.466 e. The molecule has 7 heteroatoms. The van der Waals surface area contributed by atoms with Crippen LogP contribution in [-0.4, -0.2) is 17.6 Å². The van der Waals surface area contributed by atoms with Gasteiger partial charge in [0.05, 0.1) is 29.0 Å². The highest BCUT2D eigenvalue weighted by Gasteiger charge is 2.32. The highest BCUT2D eigenvalue weighted by molar-refractivity contribution is 7.07. The zero-order valence-electron chi connectivity index (χ0n) is 18.0. The van der Waals surface area contributed by atoms with Gasteiger partial charge in [0.15, 0.2) is 4.80 Å². The van der Waals surface area contributed by atoms with Gasteiger partial charge in [0.2, 0.25) is 0 Å². The molecule has 0 N–H and O–H groups in total. The average Bonchev–Trinajstić information content (AvgIpc) is 3.43. The SMILES string of the molecule is COC(=O)C1=C(C)N=c2sc(=Cc3ccc(-c4ccccc4)o3)c(=O)n2C1c1ccccc1. The van der Waals surface area contributed by atoms with Crippen molar-refractivity contribution in [2.75, 3.05) is 7.11 Å². The topological polar surface area (TPSA) is 73.8 Å². The van der Waals surface area contributed by atoms with Crippen molar-refractivity contribution in [3.8, 4) is 11.3 Å². The quantitative estimate of drug-likeness (QED) is 0.439. The first-order chi connectivity index (χ1) is 16.1. The molecule has 0 spiro atoms. The van der Waals surface area contributed by atoms with Crippen LogP contribution in [0.15, 0.2) is 98.3 Å². The number of aromatic nitrogens is 1. The van der Waals surface area contributed by atoms with Crippen molar-refractivity contribution in [3.05, 3.63) is 115 Å². The standard InChI is InChI=1S/C26H20N2O4S/c1-16-22(25(30)31-2)23(18-11-7-4-8-12-18)28-24(29)21(33-26(28)27-16)15-19-13-14-20(32-19)17-9-5-3-6-10-17/h3-15,23H,1-2H3. The van der Waals surface area contributed by atoms with Gasteiger partial charge >= 0.3 is 5.97 Å². The van der Waals surface area contributed by atoms with Gasteiger partial charge in [0, 0.05) is 11.6 Å². The molecular weight excluding hydrogens is 436 g/mol. The number of benzene rings is 2. The van der Waals surface area contributed by atoms with Crippen molar-refractivity contribution < 1.29 is 13.9 Å². The highest BCUT2D eigenvalue weighted by Crippen LogP contribution is 2.30. The van der Waals surface area contributed by atoms with E-state index in [4.69, 9.17) is 9.15 Å². The second-order valence-electron chi connectivity index (χ2n) is 7.55. The first-order valence-electron chi connectivity index (χ1n) is 10.4. The van der Waals surface area contributed by atoms with Crippen LogP contribution in [0.4, 0.5) is 0 Å². The Labute approximate surface area is 193 Å². The van der Waals surface area contributed by atoms with Gasteiger partial charge in [-0.15, -0.1) is 0 Å². The largest absolute Gasteiger partial charge is 0.466 e. The van der Waals surface area contributed by atoms with E-state index in [0.717, 1.165) is 16.9 Å². The normalized spacial score (nSPS) is 15.8. The predicted octanol–water partition coefficient (Wildman–Crippen LogP) is 3.67. The number of rotatable bonds is 4. The van der Waals surface area contributed by atoms with Gasteiger partial charge in [-0.3, -0.25) is 9.36 Å². The number of carbonyl (C=O) groups excluding carboxylic acids is 1. The summed E-state index contributed by atoms with van der Waals surface area (Å²) in [5.74, 6) is 0.790. The van der Waals surface area contributed by atoms with Crippen LogP contribution < -0.4 is 14.9 Å². The Morgan fingerprint density at radius 3 is 2.45 bits per heavy atom. The van der Waals surface area contributed by atoms with E-state index in [1.54, 1.807) is 17.6 Å². The summed E-state index contributed by atoms with van der Waals surface area (Å²) in [4.78, 5) is 31.2. The third-order valence-electron chi connectivity index (χ3n) is 5.50. The number of allylic oxidation sites excluding steroid dienone is 1. The third kappa shape index (κ3) is 3.76. The van der Waals surface area contributed by atoms with Crippen LogP contribution in [0.2, 0.25) is 0 Å². The van der Waals surface area contributed by atoms with Crippen molar-refractivity contribution in [2.45, 2.75) is 13.0 Å². The Morgan fingerprint density at radius 1 is 1.06 bits per heavy atom. The van der Waals surface area contributed by atoms with Gasteiger partial charge in [0.1, 0.15) is 11.5 Å². The minimum absolute atomic E-state index is 0.237. The number of thiazole rings is 1. The molecule has 1 aliphatic heterocycles. The number of hydrogen-bond acceptors (Lipinski definition) is 6. The van der Waals surface area contributed by atoms with E-state index < -0.39 is 12.0 Å². The molecule has 0 fully saturated rings. The molecule has 0 saturated carbocycles. The molecule has 0 saturated heterocycles. The molecular formula is C26H20N2O4S. The van der Waals surface area contributed by atoms with Gasteiger partial charge in [-0.1, -0.05) is 72.0 Å². The smallest absolute Gasteiger partial charge is 0.338 e. The number of ether oxygens (including phenoxy) is 1. The fourth-order valence-electron chi connectivity index (χ4n) is 3.96. The zero-order valence-corrected chi connectivity index (χ0v) is 18.8. The van der Waals surface area contributed by atoms with E-state index in [9.17, 15) is 9.59 Å². The first-order valence-corrected chi connectivity index (χ1v) is 11.2. The number of nitrogens with zero attached hydrogens (tertiary/aromatic N) is 2. The maximum absolute atomic E-state index is 13.5. The third-order valence-corrected chi connectivity index (χ3v) is 6.48. The summed E-state index contributed by atoms with van der Waals surface area (Å²) in [7, 11) is 1.33. The maximum Gasteiger partial charge on any atom is 0.338 e. The molecule has 2 aromatic heterocycles. The Bertz CT molecular complexity index is 1540. The molecule has 33 heavy (non-hydrogen) atoms. The van der Waals surface area contributed by atoms with Crippen molar-refractivity contribution in [2.24, 2.45) is 4.99 Å². The lowest BCUT2D eigenvalue weighted by Gasteiger charge is -2.24. The summed E-state index contributed by atoms with van der Waals surface area (Å²) >= 11 is 1.27. The van der Waals surface area contributed by atoms with Crippen LogP contribution in [-0.2, 0) is 9.53 Å². The molecule has 2 aromatic carbocycles. The Balaban J connectivity index is 1.66. The second-order valence-corrected chi connectivity index (χ2v) is 8.56. The molecule has 5 rings (SSSR count). The van der Waals surface area contributed by atoms with E-state index in [1.807, 2.05) is 72.8 Å². The average molecular weight is 457 g/mol. The first kappa shape index (κ1) is 20.9. The second kappa shape index (κ2) is 8.52. The van der Waals surface area contributed by atoms with Crippen LogP contribution in [0.5, 0.6) is 0 Å². The fourth-order valence-corrected chi connectivity index (χ4v) is 4.99. The zero-order chi connectivity index (χ0) is 22.9. The van der Waals surface area contributed by atoms with E-state index in [-0.39, 0.29) is 5.56 Å². The molecule has 6 nitrogen and oxygen atoms in total. The van der Waals surface area contributed by atoms with Crippen molar-refractivity contribution >= 4 is 23.4 Å². The van der Waals surface area contributed by atoms with E-state index in [1.165, 1.54) is 18.4 Å². The molecule has 1 aliphatic rings. The maximum atomic E-state index is 13.5. The molecule has 1 atom stereocenters. The molecule has 0 radical (unpaired) electrons. The summed E-state index contributed by atoms with van der Waals surface area (Å²) in [6, 6.07) is 22.3. The van der Waals surface area contributed by atoms with Gasteiger partial charge in [0.25, 0.3) is 5.56 Å². The number of esters is 1. The van der Waals surface area contributed by atoms with Gasteiger partial charge in [-0.2, -0.15) is 0 Å². The predicted molar refractivity (Wildman–Crippen MR) is 126 cm³/mol. The van der Waals surface area contributed by atoms with Crippen molar-refractivity contribution in [1.29, 1.82) is 0 Å². The Kier molecular flexibility index (Phi) is 5.40. The summed E-state index contributed by atoms with van der Waals surface area (Å²) in [5.41, 5.74) is 2.42. The molecule has 0 aliphatic carbocycles. The lowest BCUT2D eigenvalue weighted by molar-refractivity contribution is -0.136. The van der Waals surface area contributed by atoms with E-state index in [2.05, 4.69) is 4.99 Å². The van der Waals surface area contributed by atoms with Crippen molar-refractivity contribution in [3.63, 3.8) is 0 Å². The summed E-state index contributed by atoms with van der Waals surface area (Å²) in [6.45, 7) is 1.76. The molecule has 164 valence electrons. The number of carbonyl (C=O) groups is 1. The Hall–Kier alpha value is -3.97. The lowest BCUT2D eigenvalue weighted by Crippen LogP contribution is -2.39. The lowest BCUT2D eigenvalue weighted by atomic mass is 9.96. The molecule has 3 heterocycles. The molecule has 0 amide bonds. The summed E-state index contributed by atoms with van der Waals surface area (Å²) in [6.07, 6.45) is 1.72. The van der Waals surface area contributed by atoms with Gasteiger partial charge < -0.3 is 9.15 Å². The summed E-state index contributed by atoms with van der Waals surface area (Å²) in [5, 5.41) is 0. The fraction of sp³-hybridized carbons (Fsp3) is 0.115. The molecule has 4 aromatic rings. The van der Waals surface area contributed by atoms with E-state index >= 15 is 0 Å². The highest BCUT2D eigenvalue weighted by atomic mass is 32.1. The van der Waals surface area contributed by atoms with Crippen LogP contribution in [0.3, 0.4) is 0 Å². The summed E-state index contributed by atoms with van der Waals surface area (Å²) < 4.78 is 13.0. The monoisotopic (exact) mass is 456 g/mol. The van der Waals surface area contributed by atoms with Crippen LogP contribution in [0.1, 0.15) is 24.3 Å². The molecule has 0 bridgehead atoms. The number of hydrogen-bond donors (Lipinski definition) is 0. The molecule has 1 unspecified atom stereocenters. The number of methoxy groups -OCH3 is 1.